The number of hydrogen-bond donors (Lipinski definition) is 2. The van der Waals surface area contributed by atoms with Gasteiger partial charge in [-0.3, -0.25) is 0 Å². The summed E-state index contributed by atoms with van der Waals surface area (Å²) in [5, 5.41) is 9.10. The van der Waals surface area contributed by atoms with Crippen LogP contribution >= 0.6 is 22.7 Å². The number of rotatable bonds is 8. The quantitative estimate of drug-likeness (QED) is 0.781. The zero-order chi connectivity index (χ0) is 14.4. The largest absolute Gasteiger partial charge is 0.313 e. The first-order valence-corrected chi connectivity index (χ1v) is 9.71. The molecule has 20 heavy (non-hydrogen) atoms. The molecule has 2 N–H and O–H groups in total. The molecule has 0 amide bonds. The van der Waals surface area contributed by atoms with Gasteiger partial charge >= 0.3 is 0 Å². The first kappa shape index (κ1) is 15.7. The summed E-state index contributed by atoms with van der Waals surface area (Å²) < 4.78 is 27.3. The summed E-state index contributed by atoms with van der Waals surface area (Å²) in [6.07, 6.45) is 0.721. The van der Waals surface area contributed by atoms with Gasteiger partial charge < -0.3 is 5.32 Å². The van der Waals surface area contributed by atoms with Crippen molar-refractivity contribution in [1.82, 2.24) is 10.0 Å². The fourth-order valence-corrected chi connectivity index (χ4v) is 4.68. The van der Waals surface area contributed by atoms with Crippen LogP contribution in [0.15, 0.2) is 32.5 Å². The average molecular weight is 330 g/mol. The van der Waals surface area contributed by atoms with Gasteiger partial charge in [0.05, 0.1) is 0 Å². The van der Waals surface area contributed by atoms with Gasteiger partial charge in [-0.25, -0.2) is 13.1 Å². The number of nitrogens with one attached hydrogen (secondary N) is 2. The highest BCUT2D eigenvalue weighted by Crippen LogP contribution is 2.20. The summed E-state index contributed by atoms with van der Waals surface area (Å²) in [5.74, 6) is 0. The van der Waals surface area contributed by atoms with Gasteiger partial charge in [-0.05, 0) is 52.4 Å². The maximum atomic E-state index is 12.1. The third-order valence-electron chi connectivity index (χ3n) is 2.76. The summed E-state index contributed by atoms with van der Waals surface area (Å²) in [7, 11) is -3.37. The summed E-state index contributed by atoms with van der Waals surface area (Å²) in [5.41, 5.74) is 2.17. The molecule has 0 radical (unpaired) electrons. The summed E-state index contributed by atoms with van der Waals surface area (Å²) in [6.45, 7) is 4.03. The van der Waals surface area contributed by atoms with Gasteiger partial charge in [-0.15, -0.1) is 11.3 Å². The lowest BCUT2D eigenvalue weighted by molar-refractivity contribution is 0.583. The summed E-state index contributed by atoms with van der Waals surface area (Å²) >= 11 is 2.89. The van der Waals surface area contributed by atoms with Crippen LogP contribution in [0.25, 0.3) is 0 Å². The molecule has 2 rings (SSSR count). The lowest BCUT2D eigenvalue weighted by Crippen LogP contribution is -2.25. The van der Waals surface area contributed by atoms with Crippen molar-refractivity contribution in [3.05, 3.63) is 39.4 Å². The second-order valence-electron chi connectivity index (χ2n) is 4.33. The summed E-state index contributed by atoms with van der Waals surface area (Å²) in [4.78, 5) is 0. The van der Waals surface area contributed by atoms with Gasteiger partial charge in [-0.2, -0.15) is 11.3 Å². The van der Waals surface area contributed by atoms with Gasteiger partial charge in [-0.1, -0.05) is 6.92 Å². The molecule has 0 saturated heterocycles. The Hall–Kier alpha value is -0.730. The Morgan fingerprint density at radius 3 is 2.80 bits per heavy atom. The van der Waals surface area contributed by atoms with E-state index in [0.717, 1.165) is 24.1 Å². The van der Waals surface area contributed by atoms with Crippen LogP contribution < -0.4 is 10.0 Å². The highest BCUT2D eigenvalue weighted by molar-refractivity contribution is 7.91. The van der Waals surface area contributed by atoms with E-state index < -0.39 is 10.0 Å². The Morgan fingerprint density at radius 2 is 2.10 bits per heavy atom. The first-order valence-electron chi connectivity index (χ1n) is 6.40. The van der Waals surface area contributed by atoms with Crippen LogP contribution in [0.3, 0.4) is 0 Å². The maximum Gasteiger partial charge on any atom is 0.250 e. The number of sulfonamides is 1. The number of hydrogen-bond acceptors (Lipinski definition) is 5. The van der Waals surface area contributed by atoms with Crippen molar-refractivity contribution in [2.45, 2.75) is 24.1 Å². The molecule has 0 saturated carbocycles. The molecule has 0 unspecified atom stereocenters. The van der Waals surface area contributed by atoms with E-state index in [1.165, 1.54) is 11.3 Å². The minimum atomic E-state index is -3.37. The zero-order valence-corrected chi connectivity index (χ0v) is 13.7. The van der Waals surface area contributed by atoms with Gasteiger partial charge in [0.1, 0.15) is 4.21 Å². The van der Waals surface area contributed by atoms with Crippen LogP contribution in [-0.2, 0) is 23.0 Å². The van der Waals surface area contributed by atoms with Crippen molar-refractivity contribution in [2.24, 2.45) is 0 Å². The van der Waals surface area contributed by atoms with Crippen molar-refractivity contribution < 1.29 is 8.42 Å². The standard InChI is InChI=1S/C13H18N2O2S3/c1-2-14-8-12-7-13(19-10-12)20(16,17)15-5-3-11-4-6-18-9-11/h4,6-7,9-10,14-15H,2-3,5,8H2,1H3. The molecular weight excluding hydrogens is 312 g/mol. The van der Waals surface area contributed by atoms with Gasteiger partial charge in [0.2, 0.25) is 10.0 Å². The third-order valence-corrected chi connectivity index (χ3v) is 6.44. The Morgan fingerprint density at radius 1 is 1.25 bits per heavy atom. The van der Waals surface area contributed by atoms with E-state index in [1.54, 1.807) is 17.4 Å². The van der Waals surface area contributed by atoms with Gasteiger partial charge in [0, 0.05) is 13.1 Å². The zero-order valence-electron chi connectivity index (χ0n) is 11.3. The molecule has 2 aromatic heterocycles. The molecule has 0 aliphatic rings. The van der Waals surface area contributed by atoms with Gasteiger partial charge in [0.15, 0.2) is 0 Å². The monoisotopic (exact) mass is 330 g/mol. The second kappa shape index (κ2) is 7.33. The SMILES string of the molecule is CCNCc1csc(S(=O)(=O)NCCc2ccsc2)c1. The molecule has 0 atom stereocenters. The second-order valence-corrected chi connectivity index (χ2v) is 8.02. The molecule has 0 aromatic carbocycles. The number of thiophene rings is 2. The van der Waals surface area contributed by atoms with E-state index in [1.807, 2.05) is 29.1 Å². The first-order chi connectivity index (χ1) is 9.62. The van der Waals surface area contributed by atoms with Crippen LogP contribution in [0.2, 0.25) is 0 Å². The van der Waals surface area contributed by atoms with E-state index >= 15 is 0 Å². The van der Waals surface area contributed by atoms with Crippen molar-refractivity contribution >= 4 is 32.7 Å². The third kappa shape index (κ3) is 4.39. The van der Waals surface area contributed by atoms with E-state index in [-0.39, 0.29) is 0 Å². The van der Waals surface area contributed by atoms with Crippen LogP contribution in [0.1, 0.15) is 18.1 Å². The summed E-state index contributed by atoms with van der Waals surface area (Å²) in [6, 6.07) is 3.75. The van der Waals surface area contributed by atoms with Crippen molar-refractivity contribution in [3.8, 4) is 0 Å². The average Bonchev–Trinajstić information content (AvgIpc) is 3.07. The lowest BCUT2D eigenvalue weighted by Gasteiger charge is -2.03. The lowest BCUT2D eigenvalue weighted by atomic mass is 10.2. The fourth-order valence-electron chi connectivity index (χ4n) is 1.69. The van der Waals surface area contributed by atoms with E-state index in [0.29, 0.717) is 17.3 Å². The highest BCUT2D eigenvalue weighted by Gasteiger charge is 2.16. The van der Waals surface area contributed by atoms with E-state index in [2.05, 4.69) is 10.0 Å². The molecule has 110 valence electrons. The Bertz CT molecular complexity index is 618. The van der Waals surface area contributed by atoms with Crippen molar-refractivity contribution in [1.29, 1.82) is 0 Å². The molecule has 0 aliphatic carbocycles. The molecular formula is C13H18N2O2S3. The molecule has 7 heteroatoms. The smallest absolute Gasteiger partial charge is 0.250 e. The van der Waals surface area contributed by atoms with Gasteiger partial charge in [0.25, 0.3) is 0 Å². The molecule has 2 heterocycles. The van der Waals surface area contributed by atoms with Crippen molar-refractivity contribution in [3.63, 3.8) is 0 Å². The van der Waals surface area contributed by atoms with Crippen LogP contribution in [0.5, 0.6) is 0 Å². The highest BCUT2D eigenvalue weighted by atomic mass is 32.2. The predicted octanol–water partition coefficient (Wildman–Crippen LogP) is 2.44. The Balaban J connectivity index is 1.90. The minimum absolute atomic E-state index is 0.385. The van der Waals surface area contributed by atoms with Crippen molar-refractivity contribution in [2.75, 3.05) is 13.1 Å². The molecule has 0 fully saturated rings. The maximum absolute atomic E-state index is 12.1. The fraction of sp³-hybridized carbons (Fsp3) is 0.385. The molecule has 0 spiro atoms. The topological polar surface area (TPSA) is 58.2 Å². The predicted molar refractivity (Wildman–Crippen MR) is 84.9 cm³/mol. The normalized spacial score (nSPS) is 11.8. The van der Waals surface area contributed by atoms with Crippen LogP contribution in [0, 0.1) is 0 Å². The van der Waals surface area contributed by atoms with Crippen LogP contribution in [-0.4, -0.2) is 21.5 Å². The molecule has 0 aliphatic heterocycles. The minimum Gasteiger partial charge on any atom is -0.313 e. The molecule has 4 nitrogen and oxygen atoms in total. The van der Waals surface area contributed by atoms with Crippen LogP contribution in [0.4, 0.5) is 0 Å². The Kier molecular flexibility index (Phi) is 5.74. The van der Waals surface area contributed by atoms with E-state index in [4.69, 9.17) is 0 Å². The van der Waals surface area contributed by atoms with E-state index in [9.17, 15) is 8.42 Å². The Labute approximate surface area is 127 Å². The molecule has 2 aromatic rings. The molecule has 0 bridgehead atoms.